The monoisotopic (exact) mass is 462 g/mol. The minimum atomic E-state index is -0.493. The maximum absolute atomic E-state index is 9.75. The number of rotatable bonds is 6. The molecule has 0 aliphatic carbocycles. The predicted octanol–water partition coefficient (Wildman–Crippen LogP) is 7.80. The lowest BCUT2D eigenvalue weighted by Crippen LogP contribution is -2.29. The Morgan fingerprint density at radius 3 is 1.24 bits per heavy atom. The molecule has 182 valence electrons. The lowest BCUT2D eigenvalue weighted by atomic mass is 9.98. The summed E-state index contributed by atoms with van der Waals surface area (Å²) in [7, 11) is 0. The molecule has 4 nitrogen and oxygen atoms in total. The summed E-state index contributed by atoms with van der Waals surface area (Å²) in [5.41, 5.74) is 3.92. The second-order valence-corrected chi connectivity index (χ2v) is 8.78. The molecule has 34 heavy (non-hydrogen) atoms. The first-order valence-electron chi connectivity index (χ1n) is 11.3. The van der Waals surface area contributed by atoms with Crippen LogP contribution >= 0.6 is 0 Å². The van der Waals surface area contributed by atoms with Gasteiger partial charge in [-0.2, -0.15) is 0 Å². The molecule has 0 unspecified atom stereocenters. The lowest BCUT2D eigenvalue weighted by molar-refractivity contribution is -0.410. The topological polar surface area (TPSA) is 44.8 Å². The zero-order chi connectivity index (χ0) is 25.6. The van der Waals surface area contributed by atoms with Crippen LogP contribution in [0, 0.1) is 13.8 Å². The van der Waals surface area contributed by atoms with Gasteiger partial charge in [0.2, 0.25) is 0 Å². The van der Waals surface area contributed by atoms with E-state index in [-0.39, 0.29) is 5.97 Å². The fraction of sp³-hybridized carbons (Fsp3) is 0.300. The zero-order valence-corrected chi connectivity index (χ0v) is 21.5. The van der Waals surface area contributed by atoms with Crippen LogP contribution in [0.1, 0.15) is 56.9 Å². The Bertz CT molecular complexity index is 920. The average molecular weight is 463 g/mol. The first kappa shape index (κ1) is 28.8. The summed E-state index contributed by atoms with van der Waals surface area (Å²) in [6, 6.07) is 28.5. The van der Waals surface area contributed by atoms with Gasteiger partial charge in [-0.3, -0.25) is 4.79 Å². The molecule has 4 heteroatoms. The van der Waals surface area contributed by atoms with E-state index in [4.69, 9.17) is 9.78 Å². The molecule has 0 saturated carbocycles. The quantitative estimate of drug-likeness (QED) is 0.162. The van der Waals surface area contributed by atoms with Crippen LogP contribution in [0.3, 0.4) is 0 Å². The SMILES string of the molecule is C=COC(C)=O.CC(C)(OOC(C)(C)c1ccccc1)c1ccccc1.Cc1ccccc1C. The van der Waals surface area contributed by atoms with E-state index in [1.807, 2.05) is 88.4 Å². The van der Waals surface area contributed by atoms with E-state index >= 15 is 0 Å². The first-order chi connectivity index (χ1) is 16.0. The lowest BCUT2D eigenvalue weighted by Gasteiger charge is -2.31. The molecule has 0 aliphatic rings. The van der Waals surface area contributed by atoms with Crippen LogP contribution in [0.25, 0.3) is 0 Å². The van der Waals surface area contributed by atoms with Gasteiger partial charge in [-0.25, -0.2) is 9.78 Å². The van der Waals surface area contributed by atoms with E-state index in [0.29, 0.717) is 0 Å². The van der Waals surface area contributed by atoms with Crippen LogP contribution in [-0.4, -0.2) is 5.97 Å². The smallest absolute Gasteiger partial charge is 0.307 e. The minimum absolute atomic E-state index is 0.329. The standard InChI is InChI=1S/C18H22O2.C8H10.C4H6O2/c1-17(2,15-11-7-5-8-12-15)19-20-18(3,4)16-13-9-6-10-14-16;1-7-5-3-4-6-8(7)2;1-3-6-4(2)5/h5-14H,1-4H3;3-6H,1-2H3;3H,1H2,2H3. The number of carbonyl (C=O) groups excluding carboxylic acids is 1. The Morgan fingerprint density at radius 1 is 0.676 bits per heavy atom. The van der Waals surface area contributed by atoms with E-state index in [0.717, 1.165) is 17.4 Å². The van der Waals surface area contributed by atoms with Crippen molar-refractivity contribution in [1.82, 2.24) is 0 Å². The van der Waals surface area contributed by atoms with Gasteiger partial charge in [0.25, 0.3) is 0 Å². The van der Waals surface area contributed by atoms with Crippen LogP contribution in [0.5, 0.6) is 0 Å². The van der Waals surface area contributed by atoms with Crippen LogP contribution < -0.4 is 0 Å². The number of ether oxygens (including phenoxy) is 1. The molecule has 0 aromatic heterocycles. The van der Waals surface area contributed by atoms with Crippen molar-refractivity contribution in [3.8, 4) is 0 Å². The van der Waals surface area contributed by atoms with E-state index < -0.39 is 11.2 Å². The Kier molecular flexibility index (Phi) is 12.0. The van der Waals surface area contributed by atoms with Gasteiger partial charge in [0.15, 0.2) is 0 Å². The maximum Gasteiger partial charge on any atom is 0.307 e. The largest absolute Gasteiger partial charge is 0.435 e. The highest BCUT2D eigenvalue weighted by atomic mass is 17.2. The molecule has 0 bridgehead atoms. The minimum Gasteiger partial charge on any atom is -0.435 e. The fourth-order valence-electron chi connectivity index (χ4n) is 2.76. The number of carbonyl (C=O) groups is 1. The normalized spacial score (nSPS) is 10.7. The van der Waals surface area contributed by atoms with Gasteiger partial charge in [-0.1, -0.05) is 91.5 Å². The maximum atomic E-state index is 9.75. The van der Waals surface area contributed by atoms with Gasteiger partial charge in [0.1, 0.15) is 11.2 Å². The van der Waals surface area contributed by atoms with Gasteiger partial charge in [0, 0.05) is 6.92 Å². The summed E-state index contributed by atoms with van der Waals surface area (Å²) in [5, 5.41) is 0. The molecule has 0 N–H and O–H groups in total. The van der Waals surface area contributed by atoms with Gasteiger partial charge >= 0.3 is 5.97 Å². The van der Waals surface area contributed by atoms with Gasteiger partial charge < -0.3 is 4.74 Å². The molecular weight excluding hydrogens is 424 g/mol. The summed E-state index contributed by atoms with van der Waals surface area (Å²) in [4.78, 5) is 21.2. The highest BCUT2D eigenvalue weighted by Crippen LogP contribution is 2.31. The van der Waals surface area contributed by atoms with E-state index in [9.17, 15) is 4.79 Å². The third kappa shape index (κ3) is 10.6. The Labute approximate surface area is 205 Å². The van der Waals surface area contributed by atoms with Crippen molar-refractivity contribution in [2.45, 2.75) is 59.7 Å². The highest BCUT2D eigenvalue weighted by molar-refractivity contribution is 5.66. The Hall–Kier alpha value is -3.21. The summed E-state index contributed by atoms with van der Waals surface area (Å²) in [6.45, 7) is 16.7. The summed E-state index contributed by atoms with van der Waals surface area (Å²) >= 11 is 0. The molecule has 3 rings (SSSR count). The van der Waals surface area contributed by atoms with E-state index in [1.165, 1.54) is 18.1 Å². The Morgan fingerprint density at radius 2 is 1.00 bits per heavy atom. The molecule has 0 radical (unpaired) electrons. The highest BCUT2D eigenvalue weighted by Gasteiger charge is 2.29. The van der Waals surface area contributed by atoms with Crippen molar-refractivity contribution in [3.05, 3.63) is 120 Å². The first-order valence-corrected chi connectivity index (χ1v) is 11.3. The molecule has 0 aliphatic heterocycles. The van der Waals surface area contributed by atoms with Crippen molar-refractivity contribution >= 4 is 5.97 Å². The number of esters is 1. The third-order valence-corrected chi connectivity index (χ3v) is 5.07. The molecular formula is C30H38O4. The van der Waals surface area contributed by atoms with Crippen molar-refractivity contribution in [3.63, 3.8) is 0 Å². The second kappa shape index (κ2) is 14.1. The van der Waals surface area contributed by atoms with Crippen LogP contribution in [0.4, 0.5) is 0 Å². The van der Waals surface area contributed by atoms with Gasteiger partial charge in [-0.05, 0) is 63.8 Å². The fourth-order valence-corrected chi connectivity index (χ4v) is 2.76. The van der Waals surface area contributed by atoms with Gasteiger partial charge in [-0.15, -0.1) is 0 Å². The van der Waals surface area contributed by atoms with Crippen LogP contribution in [0.15, 0.2) is 97.8 Å². The van der Waals surface area contributed by atoms with Crippen molar-refractivity contribution < 1.29 is 19.3 Å². The molecule has 0 fully saturated rings. The molecule has 0 amide bonds. The average Bonchev–Trinajstić information content (AvgIpc) is 2.82. The summed E-state index contributed by atoms with van der Waals surface area (Å²) in [6.07, 6.45) is 1.10. The Balaban J connectivity index is 0.000000338. The summed E-state index contributed by atoms with van der Waals surface area (Å²) in [5.74, 6) is -0.329. The number of hydrogen-bond donors (Lipinski definition) is 0. The van der Waals surface area contributed by atoms with Crippen LogP contribution in [-0.2, 0) is 30.5 Å². The van der Waals surface area contributed by atoms with Gasteiger partial charge in [0.05, 0.1) is 6.26 Å². The molecule has 0 saturated heterocycles. The second-order valence-electron chi connectivity index (χ2n) is 8.78. The number of hydrogen-bond acceptors (Lipinski definition) is 4. The molecule has 0 heterocycles. The number of benzene rings is 3. The predicted molar refractivity (Wildman–Crippen MR) is 139 cm³/mol. The third-order valence-electron chi connectivity index (χ3n) is 5.07. The molecule has 0 spiro atoms. The van der Waals surface area contributed by atoms with Crippen molar-refractivity contribution in [1.29, 1.82) is 0 Å². The van der Waals surface area contributed by atoms with E-state index in [2.05, 4.69) is 49.4 Å². The molecule has 3 aromatic carbocycles. The van der Waals surface area contributed by atoms with E-state index in [1.54, 1.807) is 0 Å². The summed E-state index contributed by atoms with van der Waals surface area (Å²) < 4.78 is 4.17. The molecule has 3 aromatic rings. The van der Waals surface area contributed by atoms with Crippen molar-refractivity contribution in [2.24, 2.45) is 0 Å². The van der Waals surface area contributed by atoms with Crippen LogP contribution in [0.2, 0.25) is 0 Å². The van der Waals surface area contributed by atoms with Crippen molar-refractivity contribution in [2.75, 3.05) is 0 Å². The zero-order valence-electron chi connectivity index (χ0n) is 21.5. The number of aryl methyl sites for hydroxylation is 2. The molecule has 0 atom stereocenters.